The number of hydrogen-bond donors (Lipinski definition) is 2. The van der Waals surface area contributed by atoms with Gasteiger partial charge in [-0.15, -0.1) is 0 Å². The molecule has 3 N–H and O–H groups in total. The lowest BCUT2D eigenvalue weighted by molar-refractivity contribution is -0.118. The highest BCUT2D eigenvalue weighted by Crippen LogP contribution is 2.30. The Labute approximate surface area is 219 Å². The summed E-state index contributed by atoms with van der Waals surface area (Å²) in [5, 5.41) is 7.14. The van der Waals surface area contributed by atoms with E-state index >= 15 is 0 Å². The van der Waals surface area contributed by atoms with Crippen LogP contribution >= 0.6 is 23.2 Å². The van der Waals surface area contributed by atoms with E-state index in [0.29, 0.717) is 15.8 Å². The SMILES string of the molecule is CC(N=C(NS(=O)(=O)c1ccc(Cl)cc1)N1CC(c2ccccc2)C(c2ccc(Cl)cc2)=N1)C(N)=O. The molecule has 4 rings (SSSR count). The zero-order valence-corrected chi connectivity index (χ0v) is 21.5. The highest BCUT2D eigenvalue weighted by atomic mass is 35.5. The van der Waals surface area contributed by atoms with Crippen LogP contribution in [-0.2, 0) is 14.8 Å². The van der Waals surface area contributed by atoms with Crippen LogP contribution in [0.25, 0.3) is 0 Å². The number of hydrazone groups is 1. The molecule has 11 heteroatoms. The molecule has 3 aromatic rings. The molecule has 0 aromatic heterocycles. The van der Waals surface area contributed by atoms with Gasteiger partial charge in [0.1, 0.15) is 6.04 Å². The van der Waals surface area contributed by atoms with Crippen molar-refractivity contribution in [2.45, 2.75) is 23.8 Å². The molecule has 0 saturated carbocycles. The molecule has 3 aromatic carbocycles. The number of halogens is 2. The smallest absolute Gasteiger partial charge is 0.264 e. The molecule has 0 bridgehead atoms. The number of nitrogens with one attached hydrogen (secondary N) is 1. The lowest BCUT2D eigenvalue weighted by Crippen LogP contribution is -2.43. The van der Waals surface area contributed by atoms with Crippen LogP contribution in [0.15, 0.2) is 93.9 Å². The van der Waals surface area contributed by atoms with Crippen LogP contribution in [0.1, 0.15) is 24.0 Å². The number of aliphatic imine (C=N–C) groups is 1. The number of sulfonamides is 1. The third-order valence-corrected chi connectivity index (χ3v) is 7.43. The summed E-state index contributed by atoms with van der Waals surface area (Å²) in [6, 6.07) is 21.6. The molecule has 8 nitrogen and oxygen atoms in total. The Morgan fingerprint density at radius 2 is 1.61 bits per heavy atom. The Morgan fingerprint density at radius 1 is 1.03 bits per heavy atom. The number of benzene rings is 3. The number of primary amides is 1. The molecule has 0 saturated heterocycles. The van der Waals surface area contributed by atoms with E-state index in [0.717, 1.165) is 11.1 Å². The van der Waals surface area contributed by atoms with Gasteiger partial charge in [0, 0.05) is 16.0 Å². The number of nitrogens with zero attached hydrogens (tertiary/aromatic N) is 3. The van der Waals surface area contributed by atoms with Crippen LogP contribution in [-0.4, -0.2) is 43.6 Å². The fourth-order valence-electron chi connectivity index (χ4n) is 3.65. The molecule has 1 aliphatic heterocycles. The second-order valence-corrected chi connectivity index (χ2v) is 10.7. The van der Waals surface area contributed by atoms with Gasteiger partial charge in [-0.05, 0) is 54.4 Å². The highest BCUT2D eigenvalue weighted by Gasteiger charge is 2.33. The monoisotopic (exact) mass is 543 g/mol. The topological polar surface area (TPSA) is 117 Å². The molecule has 2 unspecified atom stereocenters. The number of amides is 1. The first-order valence-corrected chi connectivity index (χ1v) is 13.2. The van der Waals surface area contributed by atoms with Crippen molar-refractivity contribution in [1.29, 1.82) is 0 Å². The van der Waals surface area contributed by atoms with Crippen LogP contribution in [0.3, 0.4) is 0 Å². The summed E-state index contributed by atoms with van der Waals surface area (Å²) in [5.41, 5.74) is 7.92. The molecule has 1 amide bonds. The lowest BCUT2D eigenvalue weighted by Gasteiger charge is -2.20. The van der Waals surface area contributed by atoms with E-state index in [-0.39, 0.29) is 23.3 Å². The molecule has 36 heavy (non-hydrogen) atoms. The fourth-order valence-corrected chi connectivity index (χ4v) is 4.91. The van der Waals surface area contributed by atoms with Gasteiger partial charge in [0.05, 0.1) is 17.2 Å². The number of carbonyl (C=O) groups is 1. The standard InChI is InChI=1S/C25H23Cl2N5O3S/c1-16(24(28)33)29-25(31-36(34,35)21-13-11-20(27)12-14-21)32-15-22(17-5-3-2-4-6-17)23(30-32)18-7-9-19(26)10-8-18/h2-14,16,22H,15H2,1H3,(H2,28,33)(H,29,31). The second kappa shape index (κ2) is 10.7. The van der Waals surface area contributed by atoms with E-state index in [1.54, 1.807) is 12.1 Å². The van der Waals surface area contributed by atoms with Crippen LogP contribution in [0.2, 0.25) is 10.0 Å². The minimum atomic E-state index is -4.07. The first kappa shape index (κ1) is 25.7. The third-order valence-electron chi connectivity index (χ3n) is 5.58. The quantitative estimate of drug-likeness (QED) is 0.360. The van der Waals surface area contributed by atoms with Gasteiger partial charge in [-0.25, -0.2) is 23.1 Å². The van der Waals surface area contributed by atoms with E-state index in [9.17, 15) is 13.2 Å². The Bertz CT molecular complexity index is 1410. The van der Waals surface area contributed by atoms with Gasteiger partial charge >= 0.3 is 0 Å². The Kier molecular flexibility index (Phi) is 7.63. The van der Waals surface area contributed by atoms with Crippen molar-refractivity contribution in [3.63, 3.8) is 0 Å². The number of rotatable bonds is 6. The minimum absolute atomic E-state index is 0.0213. The first-order valence-electron chi connectivity index (χ1n) is 11.0. The van der Waals surface area contributed by atoms with Crippen LogP contribution in [0, 0.1) is 0 Å². The zero-order chi connectivity index (χ0) is 25.9. The molecular weight excluding hydrogens is 521 g/mol. The number of hydrogen-bond acceptors (Lipinski definition) is 5. The molecule has 1 aliphatic rings. The largest absolute Gasteiger partial charge is 0.368 e. The average Bonchev–Trinajstić information content (AvgIpc) is 3.30. The maximum absolute atomic E-state index is 13.2. The lowest BCUT2D eigenvalue weighted by atomic mass is 9.91. The molecule has 1 heterocycles. The van der Waals surface area contributed by atoms with E-state index < -0.39 is 22.0 Å². The molecule has 0 fully saturated rings. The van der Waals surface area contributed by atoms with Crippen LogP contribution in [0.5, 0.6) is 0 Å². The molecule has 0 aliphatic carbocycles. The van der Waals surface area contributed by atoms with Gasteiger partial charge in [0.2, 0.25) is 11.9 Å². The zero-order valence-electron chi connectivity index (χ0n) is 19.2. The molecule has 186 valence electrons. The van der Waals surface area contributed by atoms with Crippen LogP contribution in [0.4, 0.5) is 0 Å². The van der Waals surface area contributed by atoms with Crippen molar-refractivity contribution in [1.82, 2.24) is 9.73 Å². The normalized spacial score (nSPS) is 17.0. The van der Waals surface area contributed by atoms with Crippen molar-refractivity contribution in [2.75, 3.05) is 6.54 Å². The minimum Gasteiger partial charge on any atom is -0.368 e. The predicted octanol–water partition coefficient (Wildman–Crippen LogP) is 4.01. The summed E-state index contributed by atoms with van der Waals surface area (Å²) in [4.78, 5) is 16.0. The summed E-state index contributed by atoms with van der Waals surface area (Å²) in [6.45, 7) is 1.75. The summed E-state index contributed by atoms with van der Waals surface area (Å²) < 4.78 is 28.8. The van der Waals surface area contributed by atoms with E-state index in [1.165, 1.54) is 36.2 Å². The van der Waals surface area contributed by atoms with Crippen LogP contribution < -0.4 is 10.5 Å². The second-order valence-electron chi connectivity index (χ2n) is 8.13. The van der Waals surface area contributed by atoms with Crippen molar-refractivity contribution in [2.24, 2.45) is 15.8 Å². The number of nitrogens with two attached hydrogens (primary N) is 1. The van der Waals surface area contributed by atoms with Crippen molar-refractivity contribution in [3.8, 4) is 0 Å². The molecule has 0 spiro atoms. The summed E-state index contributed by atoms with van der Waals surface area (Å²) in [5.74, 6) is -1.04. The van der Waals surface area contributed by atoms with Crippen molar-refractivity contribution < 1.29 is 13.2 Å². The molecule has 0 radical (unpaired) electrons. The van der Waals surface area contributed by atoms with E-state index in [4.69, 9.17) is 34.0 Å². The van der Waals surface area contributed by atoms with Gasteiger partial charge in [-0.3, -0.25) is 4.79 Å². The summed E-state index contributed by atoms with van der Waals surface area (Å²) >= 11 is 12.0. The van der Waals surface area contributed by atoms with Gasteiger partial charge in [-0.1, -0.05) is 65.7 Å². The average molecular weight is 544 g/mol. The van der Waals surface area contributed by atoms with Gasteiger partial charge in [-0.2, -0.15) is 5.10 Å². The number of guanidine groups is 1. The predicted molar refractivity (Wildman–Crippen MR) is 142 cm³/mol. The third kappa shape index (κ3) is 5.87. The Morgan fingerprint density at radius 3 is 2.19 bits per heavy atom. The maximum atomic E-state index is 13.2. The Balaban J connectivity index is 1.76. The van der Waals surface area contributed by atoms with E-state index in [2.05, 4.69) is 9.71 Å². The molecular formula is C25H23Cl2N5O3S. The number of carbonyl (C=O) groups excluding carboxylic acids is 1. The molecule has 2 atom stereocenters. The van der Waals surface area contributed by atoms with Gasteiger partial charge < -0.3 is 5.73 Å². The first-order chi connectivity index (χ1) is 17.1. The van der Waals surface area contributed by atoms with Gasteiger partial charge in [0.25, 0.3) is 10.0 Å². The fraction of sp³-hybridized carbons (Fsp3) is 0.160. The van der Waals surface area contributed by atoms with Gasteiger partial charge in [0.15, 0.2) is 0 Å². The Hall–Kier alpha value is -3.40. The van der Waals surface area contributed by atoms with E-state index in [1.807, 2.05) is 42.5 Å². The highest BCUT2D eigenvalue weighted by molar-refractivity contribution is 7.90. The van der Waals surface area contributed by atoms with Crippen molar-refractivity contribution in [3.05, 3.63) is 100 Å². The summed E-state index contributed by atoms with van der Waals surface area (Å²) in [6.07, 6.45) is 0. The van der Waals surface area contributed by atoms with Crippen molar-refractivity contribution >= 4 is 50.8 Å². The maximum Gasteiger partial charge on any atom is 0.264 e. The summed E-state index contributed by atoms with van der Waals surface area (Å²) in [7, 11) is -4.07.